The molecule has 0 amide bonds. The van der Waals surface area contributed by atoms with Crippen molar-refractivity contribution in [3.63, 3.8) is 0 Å². The Kier molecular flexibility index (Phi) is 5.92. The Morgan fingerprint density at radius 2 is 2.03 bits per heavy atom. The van der Waals surface area contributed by atoms with E-state index in [1.165, 1.54) is 6.42 Å². The van der Waals surface area contributed by atoms with Gasteiger partial charge in [0.2, 0.25) is 0 Å². The number of allylic oxidation sites excluding steroid dienone is 1. The second kappa shape index (κ2) is 8.93. The molecule has 1 aliphatic heterocycles. The molecule has 6 heteroatoms. The number of nitriles is 1. The van der Waals surface area contributed by atoms with Gasteiger partial charge in [-0.15, -0.1) is 10.2 Å². The van der Waals surface area contributed by atoms with Crippen LogP contribution in [-0.4, -0.2) is 14.8 Å². The van der Waals surface area contributed by atoms with Gasteiger partial charge in [-0.05, 0) is 42.7 Å². The molecule has 3 aromatic rings. The summed E-state index contributed by atoms with van der Waals surface area (Å²) in [5.41, 5.74) is 2.32. The largest absolute Gasteiger partial charge is 0.489 e. The van der Waals surface area contributed by atoms with E-state index in [0.29, 0.717) is 23.0 Å². The first kappa shape index (κ1) is 19.2. The van der Waals surface area contributed by atoms with Gasteiger partial charge in [-0.25, -0.2) is 0 Å². The van der Waals surface area contributed by atoms with Crippen LogP contribution >= 0.6 is 11.6 Å². The van der Waals surface area contributed by atoms with E-state index in [4.69, 9.17) is 16.3 Å². The van der Waals surface area contributed by atoms with Gasteiger partial charge in [0.05, 0.1) is 5.57 Å². The number of nitrogens with zero attached hydrogens (tertiary/aromatic N) is 4. The van der Waals surface area contributed by atoms with Crippen molar-refractivity contribution in [3.05, 3.63) is 76.3 Å². The molecule has 2 aromatic carbocycles. The molecular weight excluding hydrogens is 384 g/mol. The molecule has 29 heavy (non-hydrogen) atoms. The van der Waals surface area contributed by atoms with Crippen LogP contribution in [0.4, 0.5) is 0 Å². The highest BCUT2D eigenvalue weighted by Gasteiger charge is 2.17. The van der Waals surface area contributed by atoms with Crippen molar-refractivity contribution in [2.75, 3.05) is 0 Å². The van der Waals surface area contributed by atoms with Crippen LogP contribution in [0.1, 0.15) is 42.0 Å². The number of aromatic nitrogens is 3. The SMILES string of the molecule is N#C/C(=C\c1cccc(OCc2ccccc2Cl)c1)c1nnc2n1CCCCC2. The average molecular weight is 405 g/mol. The zero-order valence-electron chi connectivity index (χ0n) is 16.0. The van der Waals surface area contributed by atoms with Crippen LogP contribution in [-0.2, 0) is 19.6 Å². The molecule has 5 nitrogen and oxygen atoms in total. The maximum absolute atomic E-state index is 9.74. The van der Waals surface area contributed by atoms with Crippen LogP contribution in [0.3, 0.4) is 0 Å². The van der Waals surface area contributed by atoms with Crippen molar-refractivity contribution in [1.82, 2.24) is 14.8 Å². The normalized spacial score (nSPS) is 14.0. The number of halogens is 1. The van der Waals surface area contributed by atoms with Gasteiger partial charge >= 0.3 is 0 Å². The van der Waals surface area contributed by atoms with Crippen LogP contribution in [0, 0.1) is 11.3 Å². The first-order valence-electron chi connectivity index (χ1n) is 9.75. The number of rotatable bonds is 5. The molecule has 4 rings (SSSR count). The minimum Gasteiger partial charge on any atom is -0.489 e. The van der Waals surface area contributed by atoms with Crippen molar-refractivity contribution in [2.24, 2.45) is 0 Å². The number of benzene rings is 2. The fraction of sp³-hybridized carbons (Fsp3) is 0.261. The summed E-state index contributed by atoms with van der Waals surface area (Å²) in [6.45, 7) is 1.24. The number of ether oxygens (including phenoxy) is 1. The summed E-state index contributed by atoms with van der Waals surface area (Å²) in [6, 6.07) is 17.6. The molecule has 1 aliphatic rings. The summed E-state index contributed by atoms with van der Waals surface area (Å²) in [5.74, 6) is 2.33. The molecule has 0 spiro atoms. The molecule has 0 radical (unpaired) electrons. The standard InChI is InChI=1S/C23H21ClN4O/c24-21-10-4-3-8-18(21)16-29-20-9-6-7-17(14-20)13-19(15-25)23-27-26-22-11-2-1-5-12-28(22)23/h3-4,6-10,13-14H,1-2,5,11-12,16H2/b19-13+. The van der Waals surface area contributed by atoms with Gasteiger partial charge in [-0.1, -0.05) is 48.4 Å². The van der Waals surface area contributed by atoms with E-state index in [1.807, 2.05) is 54.6 Å². The lowest BCUT2D eigenvalue weighted by molar-refractivity contribution is 0.306. The van der Waals surface area contributed by atoms with Crippen LogP contribution in [0.5, 0.6) is 5.75 Å². The number of aryl methyl sites for hydroxylation is 1. The van der Waals surface area contributed by atoms with Crippen LogP contribution in [0.25, 0.3) is 11.6 Å². The summed E-state index contributed by atoms with van der Waals surface area (Å²) < 4.78 is 7.98. The second-order valence-electron chi connectivity index (χ2n) is 7.02. The molecule has 0 fully saturated rings. The van der Waals surface area contributed by atoms with Crippen molar-refractivity contribution in [2.45, 2.75) is 38.8 Å². The van der Waals surface area contributed by atoms with Crippen LogP contribution < -0.4 is 4.74 Å². The third-order valence-corrected chi connectivity index (χ3v) is 5.36. The summed E-state index contributed by atoms with van der Waals surface area (Å²) in [6.07, 6.45) is 6.14. The zero-order valence-corrected chi connectivity index (χ0v) is 16.8. The fourth-order valence-corrected chi connectivity index (χ4v) is 3.66. The van der Waals surface area contributed by atoms with Crippen LogP contribution in [0.15, 0.2) is 48.5 Å². The molecular formula is C23H21ClN4O. The summed E-state index contributed by atoms with van der Waals surface area (Å²) >= 11 is 6.20. The molecule has 0 N–H and O–H groups in total. The quantitative estimate of drug-likeness (QED) is 0.541. The molecule has 146 valence electrons. The molecule has 1 aromatic heterocycles. The summed E-state index contributed by atoms with van der Waals surface area (Å²) in [7, 11) is 0. The zero-order chi connectivity index (χ0) is 20.1. The van der Waals surface area contributed by atoms with Gasteiger partial charge in [-0.2, -0.15) is 5.26 Å². The predicted octanol–water partition coefficient (Wildman–Crippen LogP) is 5.30. The number of hydrogen-bond acceptors (Lipinski definition) is 4. The van der Waals surface area contributed by atoms with E-state index >= 15 is 0 Å². The average Bonchev–Trinajstić information content (AvgIpc) is 2.99. The van der Waals surface area contributed by atoms with Gasteiger partial charge in [0, 0.05) is 23.6 Å². The highest BCUT2D eigenvalue weighted by Crippen LogP contribution is 2.24. The Labute approximate surface area is 175 Å². The van der Waals surface area contributed by atoms with Gasteiger partial charge in [0.15, 0.2) is 5.82 Å². The number of hydrogen-bond donors (Lipinski definition) is 0. The molecule has 2 heterocycles. The van der Waals surface area contributed by atoms with E-state index in [1.54, 1.807) is 0 Å². The highest BCUT2D eigenvalue weighted by molar-refractivity contribution is 6.31. The minimum absolute atomic E-state index is 0.385. The molecule has 0 bridgehead atoms. The topological polar surface area (TPSA) is 63.7 Å². The number of fused-ring (bicyclic) bond motifs is 1. The van der Waals surface area contributed by atoms with E-state index < -0.39 is 0 Å². The van der Waals surface area contributed by atoms with Gasteiger partial charge < -0.3 is 9.30 Å². The Morgan fingerprint density at radius 1 is 1.14 bits per heavy atom. The fourth-order valence-electron chi connectivity index (χ4n) is 3.47. The van der Waals surface area contributed by atoms with E-state index in [9.17, 15) is 5.26 Å². The molecule has 0 aliphatic carbocycles. The second-order valence-corrected chi connectivity index (χ2v) is 7.43. The van der Waals surface area contributed by atoms with E-state index in [-0.39, 0.29) is 0 Å². The smallest absolute Gasteiger partial charge is 0.174 e. The monoisotopic (exact) mass is 404 g/mol. The lowest BCUT2D eigenvalue weighted by Crippen LogP contribution is -2.05. The van der Waals surface area contributed by atoms with Crippen molar-refractivity contribution in [3.8, 4) is 11.8 Å². The van der Waals surface area contributed by atoms with E-state index in [2.05, 4.69) is 20.8 Å². The maximum atomic E-state index is 9.74. The Bertz CT molecular complexity index is 1080. The molecule has 0 saturated carbocycles. The van der Waals surface area contributed by atoms with Crippen LogP contribution in [0.2, 0.25) is 5.02 Å². The Balaban J connectivity index is 1.56. The first-order chi connectivity index (χ1) is 14.2. The van der Waals surface area contributed by atoms with Gasteiger partial charge in [-0.3, -0.25) is 0 Å². The summed E-state index contributed by atoms with van der Waals surface area (Å²) in [5, 5.41) is 19.0. The van der Waals surface area contributed by atoms with Crippen molar-refractivity contribution in [1.29, 1.82) is 5.26 Å². The van der Waals surface area contributed by atoms with Crippen molar-refractivity contribution < 1.29 is 4.74 Å². The first-order valence-corrected chi connectivity index (χ1v) is 10.1. The summed E-state index contributed by atoms with van der Waals surface area (Å²) in [4.78, 5) is 0. The lowest BCUT2D eigenvalue weighted by atomic mass is 10.1. The van der Waals surface area contributed by atoms with Crippen molar-refractivity contribution >= 4 is 23.3 Å². The Morgan fingerprint density at radius 3 is 2.90 bits per heavy atom. The minimum atomic E-state index is 0.385. The van der Waals surface area contributed by atoms with E-state index in [0.717, 1.165) is 48.5 Å². The maximum Gasteiger partial charge on any atom is 0.174 e. The molecule has 0 atom stereocenters. The molecule has 0 saturated heterocycles. The molecule has 0 unspecified atom stereocenters. The highest BCUT2D eigenvalue weighted by atomic mass is 35.5. The third-order valence-electron chi connectivity index (χ3n) is 4.99. The van der Waals surface area contributed by atoms with Gasteiger partial charge in [0.1, 0.15) is 24.3 Å². The van der Waals surface area contributed by atoms with Gasteiger partial charge in [0.25, 0.3) is 0 Å². The third kappa shape index (κ3) is 4.49. The predicted molar refractivity (Wildman–Crippen MR) is 113 cm³/mol. The lowest BCUT2D eigenvalue weighted by Gasteiger charge is -2.09. The Hall–Kier alpha value is -3.10.